The lowest BCUT2D eigenvalue weighted by Crippen LogP contribution is -2.25. The number of imidazole rings is 1. The van der Waals surface area contributed by atoms with E-state index >= 15 is 0 Å². The second-order valence-corrected chi connectivity index (χ2v) is 10.0. The van der Waals surface area contributed by atoms with Gasteiger partial charge in [0.2, 0.25) is 0 Å². The fourth-order valence-electron chi connectivity index (χ4n) is 4.69. The van der Waals surface area contributed by atoms with Crippen LogP contribution < -0.4 is 10.1 Å². The van der Waals surface area contributed by atoms with E-state index in [0.29, 0.717) is 65.1 Å². The first-order chi connectivity index (χ1) is 18.8. The van der Waals surface area contributed by atoms with Gasteiger partial charge in [0.05, 0.1) is 23.4 Å². The number of phenolic OH excluding ortho intramolecular Hbond substituents is 1. The third-order valence-electron chi connectivity index (χ3n) is 6.69. The first-order valence-electron chi connectivity index (χ1n) is 12.4. The second-order valence-electron chi connectivity index (χ2n) is 10.0. The number of nitrogens with zero attached hydrogens (tertiary/aromatic N) is 6. The molecule has 0 saturated carbocycles. The molecule has 2 aromatic carbocycles. The quantitative estimate of drug-likeness (QED) is 0.318. The zero-order valence-corrected chi connectivity index (χ0v) is 21.3. The Morgan fingerprint density at radius 3 is 2.67 bits per heavy atom. The summed E-state index contributed by atoms with van der Waals surface area (Å²) in [4.78, 5) is 18.0. The molecule has 0 amide bonds. The molecule has 0 saturated heterocycles. The maximum Gasteiger partial charge on any atom is 0.299 e. The molecule has 1 aliphatic rings. The van der Waals surface area contributed by atoms with Gasteiger partial charge in [-0.3, -0.25) is 9.55 Å². The predicted molar refractivity (Wildman–Crippen MR) is 144 cm³/mol. The van der Waals surface area contributed by atoms with Crippen LogP contribution in [0.1, 0.15) is 25.0 Å². The maximum atomic E-state index is 14.0. The number of anilines is 1. The summed E-state index contributed by atoms with van der Waals surface area (Å²) in [6.45, 7) is 5.06. The average Bonchev–Trinajstić information content (AvgIpc) is 3.46. The van der Waals surface area contributed by atoms with Gasteiger partial charge in [0.1, 0.15) is 18.2 Å². The minimum Gasteiger partial charge on any atom is -0.507 e. The molecule has 0 unspecified atom stereocenters. The number of pyridine rings is 1. The Morgan fingerprint density at radius 1 is 1.08 bits per heavy atom. The number of hydrogen-bond acceptors (Lipinski definition) is 8. The van der Waals surface area contributed by atoms with Crippen LogP contribution in [-0.4, -0.2) is 42.8 Å². The second kappa shape index (κ2) is 9.36. The van der Waals surface area contributed by atoms with Crippen LogP contribution in [-0.2, 0) is 12.0 Å². The Balaban J connectivity index is 1.31. The molecule has 4 heterocycles. The van der Waals surface area contributed by atoms with Crippen LogP contribution in [0, 0.1) is 17.1 Å². The van der Waals surface area contributed by atoms with Crippen molar-refractivity contribution in [1.29, 1.82) is 5.26 Å². The number of halogens is 1. The molecule has 3 aromatic heterocycles. The highest BCUT2D eigenvalue weighted by atomic mass is 19.1. The van der Waals surface area contributed by atoms with Gasteiger partial charge in [-0.05, 0) is 61.7 Å². The molecule has 0 atom stereocenters. The molecule has 2 N–H and O–H groups in total. The van der Waals surface area contributed by atoms with Crippen LogP contribution >= 0.6 is 0 Å². The topological polar surface area (TPSA) is 122 Å². The van der Waals surface area contributed by atoms with Gasteiger partial charge in [0.25, 0.3) is 6.01 Å². The monoisotopic (exact) mass is 521 g/mol. The SMILES string of the molecule is CC1(C)COc2nc3c(NCCc4ccc(O)c(-c5ccc(C#N)cc5)c4)nc(-c4cncc(F)c4)nc3n21. The van der Waals surface area contributed by atoms with Crippen molar-refractivity contribution in [2.45, 2.75) is 25.8 Å². The third kappa shape index (κ3) is 4.48. The smallest absolute Gasteiger partial charge is 0.299 e. The first-order valence-corrected chi connectivity index (χ1v) is 12.4. The summed E-state index contributed by atoms with van der Waals surface area (Å²) >= 11 is 0. The minimum atomic E-state index is -0.474. The molecular weight excluding hydrogens is 497 g/mol. The van der Waals surface area contributed by atoms with Gasteiger partial charge >= 0.3 is 0 Å². The molecule has 6 rings (SSSR count). The van der Waals surface area contributed by atoms with Gasteiger partial charge in [0.15, 0.2) is 22.8 Å². The van der Waals surface area contributed by atoms with Crippen LogP contribution in [0.5, 0.6) is 11.8 Å². The van der Waals surface area contributed by atoms with Gasteiger partial charge in [-0.2, -0.15) is 10.2 Å². The van der Waals surface area contributed by atoms with Crippen molar-refractivity contribution < 1.29 is 14.2 Å². The van der Waals surface area contributed by atoms with Gasteiger partial charge < -0.3 is 15.2 Å². The van der Waals surface area contributed by atoms with Crippen molar-refractivity contribution >= 4 is 17.0 Å². The van der Waals surface area contributed by atoms with Gasteiger partial charge in [0, 0.05) is 23.9 Å². The first kappa shape index (κ1) is 24.3. The largest absolute Gasteiger partial charge is 0.507 e. The Hall–Kier alpha value is -5.04. The Kier molecular flexibility index (Phi) is 5.84. The number of aromatic hydroxyl groups is 1. The predicted octanol–water partition coefficient (Wildman–Crippen LogP) is 5.05. The van der Waals surface area contributed by atoms with Crippen LogP contribution in [0.4, 0.5) is 10.2 Å². The van der Waals surface area contributed by atoms with Gasteiger partial charge in [-0.25, -0.2) is 14.4 Å². The highest BCUT2D eigenvalue weighted by Crippen LogP contribution is 2.37. The molecule has 0 bridgehead atoms. The third-order valence-corrected chi connectivity index (χ3v) is 6.69. The van der Waals surface area contributed by atoms with Crippen LogP contribution in [0.25, 0.3) is 33.7 Å². The average molecular weight is 522 g/mol. The zero-order chi connectivity index (χ0) is 27.1. The summed E-state index contributed by atoms with van der Waals surface area (Å²) in [6.07, 6.45) is 3.29. The summed E-state index contributed by atoms with van der Waals surface area (Å²) in [5.41, 5.74) is 4.32. The summed E-state index contributed by atoms with van der Waals surface area (Å²) in [5.74, 6) is 0.525. The summed E-state index contributed by atoms with van der Waals surface area (Å²) in [6, 6.07) is 16.5. The fraction of sp³-hybridized carbons (Fsp3) is 0.207. The van der Waals surface area contributed by atoms with E-state index in [1.165, 1.54) is 12.3 Å². The summed E-state index contributed by atoms with van der Waals surface area (Å²) < 4.78 is 21.7. The van der Waals surface area contributed by atoms with Crippen molar-refractivity contribution in [2.75, 3.05) is 18.5 Å². The molecular formula is C29H24FN7O2. The van der Waals surface area contributed by atoms with E-state index in [2.05, 4.69) is 26.3 Å². The van der Waals surface area contributed by atoms with E-state index in [1.807, 2.05) is 42.7 Å². The fourth-order valence-corrected chi connectivity index (χ4v) is 4.69. The van der Waals surface area contributed by atoms with E-state index in [4.69, 9.17) is 15.0 Å². The number of aromatic nitrogens is 5. The molecule has 1 aliphatic heterocycles. The maximum absolute atomic E-state index is 14.0. The number of hydrogen-bond donors (Lipinski definition) is 2. The van der Waals surface area contributed by atoms with Crippen molar-refractivity contribution in [1.82, 2.24) is 24.5 Å². The van der Waals surface area contributed by atoms with Crippen LogP contribution in [0.2, 0.25) is 0 Å². The molecule has 10 heteroatoms. The highest BCUT2D eigenvalue weighted by molar-refractivity contribution is 5.86. The van der Waals surface area contributed by atoms with E-state index < -0.39 is 5.82 Å². The number of nitriles is 1. The molecule has 0 radical (unpaired) electrons. The van der Waals surface area contributed by atoms with E-state index in [0.717, 1.165) is 17.3 Å². The van der Waals surface area contributed by atoms with E-state index in [9.17, 15) is 9.50 Å². The molecule has 0 aliphatic carbocycles. The molecule has 0 spiro atoms. The lowest BCUT2D eigenvalue weighted by Gasteiger charge is -2.18. The number of fused-ring (bicyclic) bond motifs is 3. The molecule has 9 nitrogen and oxygen atoms in total. The van der Waals surface area contributed by atoms with Crippen LogP contribution in [0.15, 0.2) is 60.9 Å². The number of ether oxygens (including phenoxy) is 1. The van der Waals surface area contributed by atoms with E-state index in [1.54, 1.807) is 18.2 Å². The molecule has 194 valence electrons. The summed E-state index contributed by atoms with van der Waals surface area (Å²) in [5, 5.41) is 22.9. The zero-order valence-electron chi connectivity index (χ0n) is 21.3. The van der Waals surface area contributed by atoms with Gasteiger partial charge in [-0.15, -0.1) is 0 Å². The minimum absolute atomic E-state index is 0.164. The summed E-state index contributed by atoms with van der Waals surface area (Å²) in [7, 11) is 0. The lowest BCUT2D eigenvalue weighted by atomic mass is 9.99. The number of benzene rings is 2. The van der Waals surface area contributed by atoms with Crippen molar-refractivity contribution in [2.24, 2.45) is 0 Å². The Bertz CT molecular complexity index is 1760. The molecule has 5 aromatic rings. The van der Waals surface area contributed by atoms with Crippen LogP contribution in [0.3, 0.4) is 0 Å². The molecule has 39 heavy (non-hydrogen) atoms. The number of nitrogens with one attached hydrogen (secondary N) is 1. The van der Waals surface area contributed by atoms with Gasteiger partial charge in [-0.1, -0.05) is 18.2 Å². The lowest BCUT2D eigenvalue weighted by molar-refractivity contribution is 0.268. The number of rotatable bonds is 6. The van der Waals surface area contributed by atoms with E-state index in [-0.39, 0.29) is 11.3 Å². The van der Waals surface area contributed by atoms with Crippen molar-refractivity contribution in [3.63, 3.8) is 0 Å². The standard InChI is InChI=1S/C29H24FN7O2/c1-29(2)16-39-28-34-24-26(35-25(36-27(24)37(28)29)20-12-21(30)15-32-14-20)33-10-9-17-5-8-23(38)22(11-17)19-6-3-18(13-31)4-7-19/h3-8,11-12,14-15,38H,9-10,16H2,1-2H3,(H,33,35,36). The Morgan fingerprint density at radius 2 is 1.90 bits per heavy atom. The normalized spacial score (nSPS) is 13.6. The number of phenols is 1. The highest BCUT2D eigenvalue weighted by Gasteiger charge is 2.36. The van der Waals surface area contributed by atoms with Crippen molar-refractivity contribution in [3.05, 3.63) is 77.9 Å². The molecule has 0 fully saturated rings. The Labute approximate surface area is 223 Å². The van der Waals surface area contributed by atoms with Crippen molar-refractivity contribution in [3.8, 4) is 40.3 Å².